The zero-order valence-electron chi connectivity index (χ0n) is 20.0. The summed E-state index contributed by atoms with van der Waals surface area (Å²) < 4.78 is 3.43. The second kappa shape index (κ2) is 9.46. The van der Waals surface area contributed by atoms with E-state index in [-0.39, 0.29) is 17.2 Å². The Labute approximate surface area is 207 Å². The third kappa shape index (κ3) is 4.34. The maximum atomic E-state index is 13.4. The largest absolute Gasteiger partial charge is 0.364 e. The van der Waals surface area contributed by atoms with E-state index >= 15 is 0 Å². The Kier molecular flexibility index (Phi) is 6.03. The molecule has 0 unspecified atom stereocenters. The molecule has 5 aromatic rings. The van der Waals surface area contributed by atoms with Crippen molar-refractivity contribution < 1.29 is 9.59 Å². The van der Waals surface area contributed by atoms with Crippen LogP contribution in [0.4, 0.5) is 0 Å². The SMILES string of the molecule is Cc1nn(Cc2ccccc2)c(C)c1CNC(=O)c1cc(-c2ccccc2)nc2c(C(N)=O)ncn12. The number of rotatable bonds is 7. The van der Waals surface area contributed by atoms with E-state index in [4.69, 9.17) is 5.73 Å². The Bertz CT molecular complexity index is 1570. The average Bonchev–Trinajstić information content (AvgIpc) is 3.43. The van der Waals surface area contributed by atoms with Gasteiger partial charge >= 0.3 is 0 Å². The first kappa shape index (κ1) is 23.0. The number of aryl methyl sites for hydroxylation is 1. The first-order valence-electron chi connectivity index (χ1n) is 11.5. The normalized spacial score (nSPS) is 11.1. The topological polar surface area (TPSA) is 120 Å². The van der Waals surface area contributed by atoms with Gasteiger partial charge in [-0.1, -0.05) is 60.7 Å². The Balaban J connectivity index is 1.45. The highest BCUT2D eigenvalue weighted by molar-refractivity contribution is 5.99. The molecule has 0 aliphatic rings. The molecular weight excluding hydrogens is 454 g/mol. The van der Waals surface area contributed by atoms with E-state index in [2.05, 4.69) is 32.5 Å². The second-order valence-electron chi connectivity index (χ2n) is 8.52. The standard InChI is InChI=1S/C27H25N7O2/c1-17-21(18(2)34(32-17)15-19-9-5-3-6-10-19)14-29-27(36)23-13-22(20-11-7-4-8-12-20)31-26-24(25(28)35)30-16-33(23)26/h3-13,16H,14-15H2,1-2H3,(H2,28,35)(H,29,36). The fourth-order valence-corrected chi connectivity index (χ4v) is 4.24. The van der Waals surface area contributed by atoms with Crippen LogP contribution in [-0.2, 0) is 13.1 Å². The molecule has 180 valence electrons. The van der Waals surface area contributed by atoms with Crippen LogP contribution in [0, 0.1) is 13.8 Å². The van der Waals surface area contributed by atoms with Gasteiger partial charge in [-0.2, -0.15) is 5.10 Å². The quantitative estimate of drug-likeness (QED) is 0.371. The van der Waals surface area contributed by atoms with E-state index in [0.29, 0.717) is 24.5 Å². The number of imidazole rings is 1. The lowest BCUT2D eigenvalue weighted by Gasteiger charge is -2.11. The van der Waals surface area contributed by atoms with E-state index < -0.39 is 5.91 Å². The Morgan fingerprint density at radius 3 is 2.39 bits per heavy atom. The lowest BCUT2D eigenvalue weighted by molar-refractivity contribution is 0.0942. The van der Waals surface area contributed by atoms with E-state index in [0.717, 1.165) is 28.1 Å². The van der Waals surface area contributed by atoms with Crippen molar-refractivity contribution in [1.82, 2.24) is 29.5 Å². The molecule has 0 fully saturated rings. The van der Waals surface area contributed by atoms with Crippen LogP contribution >= 0.6 is 0 Å². The van der Waals surface area contributed by atoms with Gasteiger partial charge in [0.2, 0.25) is 0 Å². The van der Waals surface area contributed by atoms with Gasteiger partial charge in [-0.05, 0) is 25.5 Å². The highest BCUT2D eigenvalue weighted by Crippen LogP contribution is 2.22. The maximum Gasteiger partial charge on any atom is 0.271 e. The monoisotopic (exact) mass is 479 g/mol. The smallest absolute Gasteiger partial charge is 0.271 e. The predicted molar refractivity (Wildman–Crippen MR) is 135 cm³/mol. The molecule has 5 rings (SSSR count). The van der Waals surface area contributed by atoms with Crippen LogP contribution in [0.2, 0.25) is 0 Å². The minimum absolute atomic E-state index is 0.00992. The summed E-state index contributed by atoms with van der Waals surface area (Å²) in [5.74, 6) is -1.04. The number of carbonyl (C=O) groups is 2. The van der Waals surface area contributed by atoms with Crippen LogP contribution in [0.3, 0.4) is 0 Å². The lowest BCUT2D eigenvalue weighted by atomic mass is 10.1. The first-order chi connectivity index (χ1) is 17.4. The number of carbonyl (C=O) groups excluding carboxylic acids is 2. The highest BCUT2D eigenvalue weighted by atomic mass is 16.2. The van der Waals surface area contributed by atoms with E-state index in [9.17, 15) is 9.59 Å². The van der Waals surface area contributed by atoms with Crippen LogP contribution in [0.1, 0.15) is 43.5 Å². The van der Waals surface area contributed by atoms with Gasteiger partial charge in [0, 0.05) is 23.4 Å². The molecule has 3 N–H and O–H groups in total. The molecule has 2 amide bonds. The van der Waals surface area contributed by atoms with Crippen molar-refractivity contribution in [2.75, 3.05) is 0 Å². The van der Waals surface area contributed by atoms with Crippen LogP contribution in [0.5, 0.6) is 0 Å². The number of fused-ring (bicyclic) bond motifs is 1. The Morgan fingerprint density at radius 1 is 1.00 bits per heavy atom. The van der Waals surface area contributed by atoms with Gasteiger partial charge in [0.15, 0.2) is 11.3 Å². The molecule has 2 aromatic carbocycles. The summed E-state index contributed by atoms with van der Waals surface area (Å²) in [6, 6.07) is 21.2. The summed E-state index contributed by atoms with van der Waals surface area (Å²) in [6.45, 7) is 4.88. The van der Waals surface area contributed by atoms with Gasteiger partial charge in [-0.25, -0.2) is 9.97 Å². The zero-order valence-corrected chi connectivity index (χ0v) is 20.0. The van der Waals surface area contributed by atoms with Gasteiger partial charge < -0.3 is 11.1 Å². The molecule has 0 aliphatic heterocycles. The molecule has 0 aliphatic carbocycles. The fourth-order valence-electron chi connectivity index (χ4n) is 4.24. The van der Waals surface area contributed by atoms with Gasteiger partial charge in [0.05, 0.1) is 17.9 Å². The molecule has 3 heterocycles. The Hall–Kier alpha value is -4.79. The van der Waals surface area contributed by atoms with Crippen molar-refractivity contribution in [3.05, 3.63) is 107 Å². The third-order valence-corrected chi connectivity index (χ3v) is 6.17. The van der Waals surface area contributed by atoms with E-state index in [1.54, 1.807) is 6.07 Å². The van der Waals surface area contributed by atoms with E-state index in [1.807, 2.05) is 67.1 Å². The van der Waals surface area contributed by atoms with Crippen molar-refractivity contribution >= 4 is 17.5 Å². The fraction of sp³-hybridized carbons (Fsp3) is 0.148. The number of nitrogens with zero attached hydrogens (tertiary/aromatic N) is 5. The predicted octanol–water partition coefficient (Wildman–Crippen LogP) is 3.29. The van der Waals surface area contributed by atoms with Gasteiger partial charge in [0.25, 0.3) is 11.8 Å². The first-order valence-corrected chi connectivity index (χ1v) is 11.5. The number of aromatic nitrogens is 5. The maximum absolute atomic E-state index is 13.4. The number of amides is 2. The molecule has 0 saturated heterocycles. The average molecular weight is 480 g/mol. The van der Waals surface area contributed by atoms with Crippen molar-refractivity contribution in [2.45, 2.75) is 26.9 Å². The minimum Gasteiger partial charge on any atom is -0.364 e. The number of nitrogens with two attached hydrogens (primary N) is 1. The molecule has 3 aromatic heterocycles. The summed E-state index contributed by atoms with van der Waals surface area (Å²) in [5, 5.41) is 7.67. The molecule has 9 heteroatoms. The van der Waals surface area contributed by atoms with Crippen LogP contribution in [0.25, 0.3) is 16.9 Å². The summed E-state index contributed by atoms with van der Waals surface area (Å²) in [7, 11) is 0. The summed E-state index contributed by atoms with van der Waals surface area (Å²) in [4.78, 5) is 34.0. The number of nitrogens with one attached hydrogen (secondary N) is 1. The number of benzene rings is 2. The molecule has 0 spiro atoms. The molecular formula is C27H25N7O2. The zero-order chi connectivity index (χ0) is 25.2. The van der Waals surface area contributed by atoms with Gasteiger partial charge in [0.1, 0.15) is 12.0 Å². The molecule has 0 bridgehead atoms. The second-order valence-corrected chi connectivity index (χ2v) is 8.52. The molecule has 0 radical (unpaired) electrons. The molecule has 9 nitrogen and oxygen atoms in total. The third-order valence-electron chi connectivity index (χ3n) is 6.17. The van der Waals surface area contributed by atoms with Crippen LogP contribution in [-0.4, -0.2) is 36.0 Å². The molecule has 36 heavy (non-hydrogen) atoms. The molecule has 0 saturated carbocycles. The highest BCUT2D eigenvalue weighted by Gasteiger charge is 2.20. The molecule has 0 atom stereocenters. The van der Waals surface area contributed by atoms with Crippen molar-refractivity contribution in [1.29, 1.82) is 0 Å². The van der Waals surface area contributed by atoms with Crippen LogP contribution in [0.15, 0.2) is 73.1 Å². The van der Waals surface area contributed by atoms with Gasteiger partial charge in [-0.3, -0.25) is 18.7 Å². The van der Waals surface area contributed by atoms with Crippen molar-refractivity contribution in [3.63, 3.8) is 0 Å². The summed E-state index contributed by atoms with van der Waals surface area (Å²) in [6.07, 6.45) is 1.39. The number of hydrogen-bond acceptors (Lipinski definition) is 5. The number of hydrogen-bond donors (Lipinski definition) is 2. The van der Waals surface area contributed by atoms with Crippen molar-refractivity contribution in [3.8, 4) is 11.3 Å². The summed E-state index contributed by atoms with van der Waals surface area (Å²) >= 11 is 0. The van der Waals surface area contributed by atoms with Crippen molar-refractivity contribution in [2.24, 2.45) is 5.73 Å². The van der Waals surface area contributed by atoms with Crippen LogP contribution < -0.4 is 11.1 Å². The summed E-state index contributed by atoms with van der Waals surface area (Å²) in [5.41, 5.74) is 11.3. The van der Waals surface area contributed by atoms with Gasteiger partial charge in [-0.15, -0.1) is 0 Å². The minimum atomic E-state index is -0.710. The van der Waals surface area contributed by atoms with E-state index in [1.165, 1.54) is 10.7 Å². The lowest BCUT2D eigenvalue weighted by Crippen LogP contribution is -2.26. The Morgan fingerprint density at radius 2 is 1.69 bits per heavy atom. The number of primary amides is 1.